The molecule has 0 fully saturated rings. The summed E-state index contributed by atoms with van der Waals surface area (Å²) in [6, 6.07) is 6.84. The van der Waals surface area contributed by atoms with Crippen LogP contribution in [-0.2, 0) is 11.3 Å². The van der Waals surface area contributed by atoms with Gasteiger partial charge in [0, 0.05) is 22.9 Å². The molecule has 0 spiro atoms. The Bertz CT molecular complexity index is 640. The van der Waals surface area contributed by atoms with Crippen molar-refractivity contribution in [1.82, 2.24) is 9.78 Å². The molecule has 2 N–H and O–H groups in total. The van der Waals surface area contributed by atoms with E-state index in [4.69, 9.17) is 22.1 Å². The molecular weight excluding hydrogens is 290 g/mol. The van der Waals surface area contributed by atoms with Crippen LogP contribution in [0.2, 0.25) is 5.02 Å². The van der Waals surface area contributed by atoms with Gasteiger partial charge in [-0.1, -0.05) is 18.5 Å². The lowest BCUT2D eigenvalue weighted by atomic mass is 10.2. The number of nitrogen functional groups attached to an aromatic ring is 1. The number of benzene rings is 1. The summed E-state index contributed by atoms with van der Waals surface area (Å²) < 4.78 is 7.08. The van der Waals surface area contributed by atoms with Gasteiger partial charge >= 0.3 is 5.97 Å². The molecule has 0 radical (unpaired) electrons. The summed E-state index contributed by atoms with van der Waals surface area (Å²) in [6.07, 6.45) is 2.87. The van der Waals surface area contributed by atoms with E-state index >= 15 is 0 Å². The summed E-state index contributed by atoms with van der Waals surface area (Å²) in [5.41, 5.74) is 7.06. The van der Waals surface area contributed by atoms with Gasteiger partial charge in [0.2, 0.25) is 0 Å². The van der Waals surface area contributed by atoms with Gasteiger partial charge in [0.05, 0.1) is 11.3 Å². The number of aromatic nitrogens is 2. The molecule has 0 aliphatic carbocycles. The molecule has 5 nitrogen and oxygen atoms in total. The molecule has 2 aromatic rings. The lowest BCUT2D eigenvalue weighted by Crippen LogP contribution is -2.09. The minimum atomic E-state index is -0.484. The molecule has 0 amide bonds. The van der Waals surface area contributed by atoms with Gasteiger partial charge in [0.25, 0.3) is 0 Å². The van der Waals surface area contributed by atoms with Crippen molar-refractivity contribution < 1.29 is 9.53 Å². The van der Waals surface area contributed by atoms with Crippen molar-refractivity contribution in [3.63, 3.8) is 0 Å². The van der Waals surface area contributed by atoms with Gasteiger partial charge < -0.3 is 10.5 Å². The summed E-state index contributed by atoms with van der Waals surface area (Å²) in [7, 11) is 0. The lowest BCUT2D eigenvalue weighted by Gasteiger charge is -2.08. The molecule has 6 heteroatoms. The number of hydrogen-bond acceptors (Lipinski definition) is 4. The van der Waals surface area contributed by atoms with Crippen LogP contribution in [0.3, 0.4) is 0 Å². The highest BCUT2D eigenvalue weighted by molar-refractivity contribution is 6.31. The monoisotopic (exact) mass is 307 g/mol. The van der Waals surface area contributed by atoms with Gasteiger partial charge in [0.15, 0.2) is 0 Å². The van der Waals surface area contributed by atoms with Gasteiger partial charge in [-0.05, 0) is 37.6 Å². The van der Waals surface area contributed by atoms with Crippen molar-refractivity contribution >= 4 is 23.3 Å². The second-order valence-corrected chi connectivity index (χ2v) is 5.29. The molecule has 21 heavy (non-hydrogen) atoms. The molecular formula is C15H18ClN3O2. The van der Waals surface area contributed by atoms with E-state index in [0.717, 1.165) is 6.42 Å². The predicted octanol–water partition coefficient (Wildman–Crippen LogP) is 3.45. The molecule has 0 saturated heterocycles. The van der Waals surface area contributed by atoms with Crippen LogP contribution in [-0.4, -0.2) is 15.7 Å². The molecule has 1 heterocycles. The zero-order valence-corrected chi connectivity index (χ0v) is 12.8. The highest BCUT2D eigenvalue weighted by atomic mass is 35.5. The van der Waals surface area contributed by atoms with Crippen LogP contribution < -0.4 is 5.73 Å². The Morgan fingerprint density at radius 1 is 1.48 bits per heavy atom. The van der Waals surface area contributed by atoms with Crippen LogP contribution in [0.1, 0.15) is 42.4 Å². The van der Waals surface area contributed by atoms with Crippen molar-refractivity contribution in [2.75, 3.05) is 5.73 Å². The van der Waals surface area contributed by atoms with E-state index in [2.05, 4.69) is 18.9 Å². The molecule has 0 aliphatic heterocycles. The number of esters is 1. The number of halogens is 1. The van der Waals surface area contributed by atoms with E-state index < -0.39 is 5.97 Å². The fraction of sp³-hybridized carbons (Fsp3) is 0.333. The van der Waals surface area contributed by atoms with Gasteiger partial charge in [-0.15, -0.1) is 0 Å². The third-order valence-corrected chi connectivity index (χ3v) is 3.53. The normalized spacial score (nSPS) is 12.1. The largest absolute Gasteiger partial charge is 0.455 e. The summed E-state index contributed by atoms with van der Waals surface area (Å²) >= 11 is 5.80. The SMILES string of the molecule is CCC(C)n1ccc(COC(=O)c2ccc(Cl)cc2N)n1. The highest BCUT2D eigenvalue weighted by Crippen LogP contribution is 2.19. The summed E-state index contributed by atoms with van der Waals surface area (Å²) in [6.45, 7) is 4.29. The number of anilines is 1. The predicted molar refractivity (Wildman–Crippen MR) is 82.2 cm³/mol. The summed E-state index contributed by atoms with van der Waals surface area (Å²) in [5, 5.41) is 4.85. The van der Waals surface area contributed by atoms with Crippen LogP contribution in [0.5, 0.6) is 0 Å². The van der Waals surface area contributed by atoms with E-state index in [1.165, 1.54) is 6.07 Å². The van der Waals surface area contributed by atoms with Crippen molar-refractivity contribution in [3.8, 4) is 0 Å². The molecule has 1 atom stereocenters. The highest BCUT2D eigenvalue weighted by Gasteiger charge is 2.13. The molecule has 0 aliphatic rings. The number of carbonyl (C=O) groups excluding carboxylic acids is 1. The number of nitrogens with zero attached hydrogens (tertiary/aromatic N) is 2. The minimum Gasteiger partial charge on any atom is -0.455 e. The topological polar surface area (TPSA) is 70.1 Å². The van der Waals surface area contributed by atoms with E-state index in [1.54, 1.807) is 12.1 Å². The van der Waals surface area contributed by atoms with Crippen LogP contribution in [0, 0.1) is 0 Å². The number of hydrogen-bond donors (Lipinski definition) is 1. The Labute approximate surface area is 128 Å². The lowest BCUT2D eigenvalue weighted by molar-refractivity contribution is 0.0468. The zero-order valence-electron chi connectivity index (χ0n) is 12.0. The van der Waals surface area contributed by atoms with Gasteiger partial charge in [-0.3, -0.25) is 4.68 Å². The van der Waals surface area contributed by atoms with Crippen molar-refractivity contribution in [2.24, 2.45) is 0 Å². The smallest absolute Gasteiger partial charge is 0.340 e. The fourth-order valence-electron chi connectivity index (χ4n) is 1.82. The van der Waals surface area contributed by atoms with Gasteiger partial charge in [0.1, 0.15) is 6.61 Å². The summed E-state index contributed by atoms with van der Waals surface area (Å²) in [5.74, 6) is -0.484. The van der Waals surface area contributed by atoms with E-state index in [1.807, 2.05) is 16.9 Å². The Hall–Kier alpha value is -2.01. The molecule has 1 unspecified atom stereocenters. The maximum absolute atomic E-state index is 12.0. The molecule has 1 aromatic carbocycles. The maximum atomic E-state index is 12.0. The van der Waals surface area contributed by atoms with Crippen LogP contribution >= 0.6 is 11.6 Å². The Balaban J connectivity index is 1.99. The Kier molecular flexibility index (Phi) is 4.85. The number of nitrogens with two attached hydrogens (primary N) is 1. The standard InChI is InChI=1S/C15H18ClN3O2/c1-3-10(2)19-7-6-12(18-19)9-21-15(20)13-5-4-11(16)8-14(13)17/h4-8,10H,3,9,17H2,1-2H3. The minimum absolute atomic E-state index is 0.115. The van der Waals surface area contributed by atoms with Crippen LogP contribution in [0.4, 0.5) is 5.69 Å². The fourth-order valence-corrected chi connectivity index (χ4v) is 2.00. The average Bonchev–Trinajstić information content (AvgIpc) is 2.92. The van der Waals surface area contributed by atoms with Gasteiger partial charge in [-0.2, -0.15) is 5.10 Å². The first-order chi connectivity index (χ1) is 10.0. The first-order valence-electron chi connectivity index (χ1n) is 6.77. The van der Waals surface area contributed by atoms with Gasteiger partial charge in [-0.25, -0.2) is 4.79 Å². The third-order valence-electron chi connectivity index (χ3n) is 3.29. The first kappa shape index (κ1) is 15.4. The van der Waals surface area contributed by atoms with Crippen molar-refractivity contribution in [3.05, 3.63) is 46.7 Å². The summed E-state index contributed by atoms with van der Waals surface area (Å²) in [4.78, 5) is 12.0. The van der Waals surface area contributed by atoms with Crippen LogP contribution in [0.25, 0.3) is 0 Å². The molecule has 112 valence electrons. The van der Waals surface area contributed by atoms with E-state index in [0.29, 0.717) is 28.0 Å². The molecule has 1 aromatic heterocycles. The second kappa shape index (κ2) is 6.63. The number of rotatable bonds is 5. The quantitative estimate of drug-likeness (QED) is 0.678. The first-order valence-corrected chi connectivity index (χ1v) is 7.15. The van der Waals surface area contributed by atoms with E-state index in [9.17, 15) is 4.79 Å². The molecule has 0 bridgehead atoms. The second-order valence-electron chi connectivity index (χ2n) is 4.85. The molecule has 2 rings (SSSR count). The maximum Gasteiger partial charge on any atom is 0.340 e. The van der Waals surface area contributed by atoms with Crippen LogP contribution in [0.15, 0.2) is 30.5 Å². The third kappa shape index (κ3) is 3.76. The number of carbonyl (C=O) groups is 1. The van der Waals surface area contributed by atoms with E-state index in [-0.39, 0.29) is 6.61 Å². The Morgan fingerprint density at radius 3 is 2.90 bits per heavy atom. The average molecular weight is 308 g/mol. The number of ether oxygens (including phenoxy) is 1. The van der Waals surface area contributed by atoms with Crippen molar-refractivity contribution in [1.29, 1.82) is 0 Å². The zero-order chi connectivity index (χ0) is 15.4. The molecule has 0 saturated carbocycles. The Morgan fingerprint density at radius 2 is 2.24 bits per heavy atom. The van der Waals surface area contributed by atoms with Crippen molar-refractivity contribution in [2.45, 2.75) is 32.9 Å².